The molecule has 2 aromatic rings. The molecule has 0 amide bonds. The Morgan fingerprint density at radius 2 is 1.88 bits per heavy atom. The summed E-state index contributed by atoms with van der Waals surface area (Å²) in [6.07, 6.45) is -4.07. The van der Waals surface area contributed by atoms with Crippen LogP contribution < -0.4 is 10.6 Å². The van der Waals surface area contributed by atoms with Gasteiger partial charge < -0.3 is 0 Å². The smallest absolute Gasteiger partial charge is 0.295 e. The number of nitrogens with one attached hydrogen (secondary N) is 2. The van der Waals surface area contributed by atoms with E-state index in [4.69, 9.17) is 0 Å². The van der Waals surface area contributed by atoms with E-state index in [1.54, 1.807) is 6.20 Å². The molecular weight excluding hydrogens is 434 g/mol. The average Bonchev–Trinajstić information content (AvgIpc) is 3.15. The molecule has 5 nitrogen and oxygen atoms in total. The average molecular weight is 466 g/mol. The predicted molar refractivity (Wildman–Crippen MR) is 119 cm³/mol. The lowest BCUT2D eigenvalue weighted by atomic mass is 9.99. The van der Waals surface area contributed by atoms with Crippen molar-refractivity contribution < 1.29 is 17.6 Å². The van der Waals surface area contributed by atoms with Crippen LogP contribution in [-0.2, 0) is 12.7 Å². The molecule has 0 saturated carbocycles. The molecule has 5 atom stereocenters. The van der Waals surface area contributed by atoms with Gasteiger partial charge in [-0.05, 0) is 55.6 Å². The van der Waals surface area contributed by atoms with Crippen LogP contribution in [0.1, 0.15) is 41.8 Å². The van der Waals surface area contributed by atoms with Crippen LogP contribution in [0.5, 0.6) is 0 Å². The number of nitrogens with zero attached hydrogens (tertiary/aromatic N) is 3. The van der Waals surface area contributed by atoms with E-state index in [-0.39, 0.29) is 6.04 Å². The number of alkyl halides is 4. The Hall–Kier alpha value is -2.07. The molecule has 0 bridgehead atoms. The number of aryl methyl sites for hydroxylation is 1. The highest BCUT2D eigenvalue weighted by molar-refractivity contribution is 5.28. The Labute approximate surface area is 192 Å². The highest BCUT2D eigenvalue weighted by Crippen LogP contribution is 2.40. The minimum Gasteiger partial charge on any atom is -0.295 e. The molecule has 0 radical (unpaired) electrons. The summed E-state index contributed by atoms with van der Waals surface area (Å²) in [6, 6.07) is 9.07. The fourth-order valence-corrected chi connectivity index (χ4v) is 4.91. The van der Waals surface area contributed by atoms with E-state index in [0.29, 0.717) is 25.7 Å². The van der Waals surface area contributed by atoms with Crippen LogP contribution in [0.4, 0.5) is 17.6 Å². The standard InChI is InChI=1S/C24H31F4N5/c1-15-10-20(18-6-8-19(9-7-18)24(26,27)28)33(13-15)23-21(25)22(31-14-32(23)3)30-12-17-5-4-16(2)29-11-17/h4-9,11,15,20-23,30-31H,10,12-14H2,1-3H3. The first-order valence-electron chi connectivity index (χ1n) is 11.3. The maximum atomic E-state index is 15.8. The Balaban J connectivity index is 1.50. The second-order valence-corrected chi connectivity index (χ2v) is 9.32. The summed E-state index contributed by atoms with van der Waals surface area (Å²) >= 11 is 0. The zero-order valence-electron chi connectivity index (χ0n) is 19.1. The zero-order chi connectivity index (χ0) is 23.8. The highest BCUT2D eigenvalue weighted by Gasteiger charge is 2.45. The SMILES string of the molecule is Cc1ccc(CNC2NCN(C)C(N3CC(C)CC3c3ccc(C(F)(F)F)cc3)C2F)cn1. The van der Waals surface area contributed by atoms with Gasteiger partial charge in [-0.3, -0.25) is 25.4 Å². The summed E-state index contributed by atoms with van der Waals surface area (Å²) in [7, 11) is 1.87. The second-order valence-electron chi connectivity index (χ2n) is 9.32. The molecule has 5 unspecified atom stereocenters. The first-order valence-corrected chi connectivity index (χ1v) is 11.3. The van der Waals surface area contributed by atoms with Crippen LogP contribution in [0.3, 0.4) is 0 Å². The van der Waals surface area contributed by atoms with Gasteiger partial charge in [0.25, 0.3) is 0 Å². The van der Waals surface area contributed by atoms with E-state index in [1.165, 1.54) is 12.1 Å². The van der Waals surface area contributed by atoms with Gasteiger partial charge in [0.1, 0.15) is 0 Å². The zero-order valence-corrected chi connectivity index (χ0v) is 19.1. The summed E-state index contributed by atoms with van der Waals surface area (Å²) in [5.74, 6) is 0.317. The van der Waals surface area contributed by atoms with E-state index in [9.17, 15) is 13.2 Å². The number of aromatic nitrogens is 1. The van der Waals surface area contributed by atoms with Gasteiger partial charge in [0.05, 0.1) is 24.6 Å². The lowest BCUT2D eigenvalue weighted by Gasteiger charge is -2.47. The van der Waals surface area contributed by atoms with Crippen molar-refractivity contribution in [2.75, 3.05) is 20.3 Å². The third-order valence-corrected chi connectivity index (χ3v) is 6.63. The van der Waals surface area contributed by atoms with Crippen LogP contribution in [0, 0.1) is 12.8 Å². The second kappa shape index (κ2) is 9.66. The van der Waals surface area contributed by atoms with Crippen molar-refractivity contribution in [1.82, 2.24) is 25.4 Å². The maximum absolute atomic E-state index is 15.8. The van der Waals surface area contributed by atoms with Gasteiger partial charge in [-0.15, -0.1) is 0 Å². The molecule has 2 saturated heterocycles. The molecule has 2 aliphatic heterocycles. The Kier molecular flexibility index (Phi) is 7.04. The third kappa shape index (κ3) is 5.37. The number of benzene rings is 1. The topological polar surface area (TPSA) is 43.4 Å². The number of hydrogen-bond donors (Lipinski definition) is 2. The molecule has 4 rings (SSSR count). The molecule has 0 aliphatic carbocycles. The van der Waals surface area contributed by atoms with Crippen LogP contribution in [-0.4, -0.2) is 53.5 Å². The van der Waals surface area contributed by atoms with Crippen LogP contribution in [0.2, 0.25) is 0 Å². The monoisotopic (exact) mass is 465 g/mol. The molecule has 2 N–H and O–H groups in total. The summed E-state index contributed by atoms with van der Waals surface area (Å²) in [6.45, 7) is 5.70. The number of rotatable bonds is 5. The van der Waals surface area contributed by atoms with E-state index >= 15 is 4.39 Å². The van der Waals surface area contributed by atoms with Crippen molar-refractivity contribution >= 4 is 0 Å². The van der Waals surface area contributed by atoms with E-state index in [1.807, 2.05) is 31.0 Å². The Morgan fingerprint density at radius 1 is 1.15 bits per heavy atom. The summed E-state index contributed by atoms with van der Waals surface area (Å²) in [5, 5.41) is 6.48. The molecule has 9 heteroatoms. The highest BCUT2D eigenvalue weighted by atomic mass is 19.4. The first kappa shape index (κ1) is 24.1. The van der Waals surface area contributed by atoms with Crippen LogP contribution in [0.15, 0.2) is 42.6 Å². The van der Waals surface area contributed by atoms with Crippen LogP contribution in [0.25, 0.3) is 0 Å². The van der Waals surface area contributed by atoms with Gasteiger partial charge in [0.2, 0.25) is 0 Å². The largest absolute Gasteiger partial charge is 0.416 e. The lowest BCUT2D eigenvalue weighted by molar-refractivity contribution is -0.137. The lowest BCUT2D eigenvalue weighted by Crippen LogP contribution is -2.68. The fraction of sp³-hybridized carbons (Fsp3) is 0.542. The van der Waals surface area contributed by atoms with Gasteiger partial charge in [-0.25, -0.2) is 4.39 Å². The van der Waals surface area contributed by atoms with E-state index < -0.39 is 30.2 Å². The third-order valence-electron chi connectivity index (χ3n) is 6.63. The van der Waals surface area contributed by atoms with Gasteiger partial charge in [0.15, 0.2) is 6.17 Å². The summed E-state index contributed by atoms with van der Waals surface area (Å²) in [4.78, 5) is 8.33. The van der Waals surface area contributed by atoms with Crippen molar-refractivity contribution in [3.05, 3.63) is 65.0 Å². The quantitative estimate of drug-likeness (QED) is 0.652. The van der Waals surface area contributed by atoms with Gasteiger partial charge in [-0.2, -0.15) is 13.2 Å². The molecule has 0 spiro atoms. The molecule has 2 aliphatic rings. The van der Waals surface area contributed by atoms with Gasteiger partial charge in [0, 0.05) is 31.0 Å². The number of halogens is 4. The van der Waals surface area contributed by atoms with Crippen molar-refractivity contribution in [2.24, 2.45) is 5.92 Å². The number of hydrogen-bond acceptors (Lipinski definition) is 5. The van der Waals surface area contributed by atoms with E-state index in [2.05, 4.69) is 27.4 Å². The maximum Gasteiger partial charge on any atom is 0.416 e. The molecule has 3 heterocycles. The molecule has 180 valence electrons. The Morgan fingerprint density at radius 3 is 2.52 bits per heavy atom. The minimum absolute atomic E-state index is 0.131. The summed E-state index contributed by atoms with van der Waals surface area (Å²) in [5.41, 5.74) is 2.03. The Bertz CT molecular complexity index is 918. The van der Waals surface area contributed by atoms with Crippen LogP contribution >= 0.6 is 0 Å². The summed E-state index contributed by atoms with van der Waals surface area (Å²) < 4.78 is 54.9. The first-order chi connectivity index (χ1) is 15.6. The fourth-order valence-electron chi connectivity index (χ4n) is 4.91. The van der Waals surface area contributed by atoms with Crippen molar-refractivity contribution in [3.63, 3.8) is 0 Å². The molecule has 2 fully saturated rings. The van der Waals surface area contributed by atoms with Crippen molar-refractivity contribution in [3.8, 4) is 0 Å². The molecule has 1 aromatic carbocycles. The predicted octanol–water partition coefficient (Wildman–Crippen LogP) is 4.06. The molecule has 33 heavy (non-hydrogen) atoms. The van der Waals surface area contributed by atoms with Crippen molar-refractivity contribution in [1.29, 1.82) is 0 Å². The normalized spacial score (nSPS) is 29.5. The molecule has 1 aromatic heterocycles. The number of pyridine rings is 1. The van der Waals surface area contributed by atoms with E-state index in [0.717, 1.165) is 35.4 Å². The van der Waals surface area contributed by atoms with Gasteiger partial charge >= 0.3 is 6.18 Å². The number of likely N-dealkylation sites (tertiary alicyclic amines) is 1. The minimum atomic E-state index is -4.37. The van der Waals surface area contributed by atoms with Crippen molar-refractivity contribution in [2.45, 2.75) is 57.5 Å². The van der Waals surface area contributed by atoms with Gasteiger partial charge in [-0.1, -0.05) is 25.1 Å². The molecular formula is C24H31F4N5.